The second-order valence-corrected chi connectivity index (χ2v) is 5.61. The summed E-state index contributed by atoms with van der Waals surface area (Å²) in [7, 11) is 0. The van der Waals surface area contributed by atoms with Crippen molar-refractivity contribution in [2.75, 3.05) is 0 Å². The summed E-state index contributed by atoms with van der Waals surface area (Å²) >= 11 is 6.73. The first-order valence-corrected chi connectivity index (χ1v) is 6.66. The monoisotopic (exact) mass is 376 g/mol. The number of carboxylic acid groups (broad SMARTS) is 1. The quantitative estimate of drug-likeness (QED) is 0.716. The molecule has 1 unspecified atom stereocenters. The van der Waals surface area contributed by atoms with Crippen LogP contribution in [0.2, 0.25) is 0 Å². The Labute approximate surface area is 119 Å². The maximum Gasteiger partial charge on any atom is 0.320 e. The number of carboxylic acids is 1. The van der Waals surface area contributed by atoms with Gasteiger partial charge in [0.15, 0.2) is 0 Å². The van der Waals surface area contributed by atoms with Gasteiger partial charge in [0, 0.05) is 26.9 Å². The lowest BCUT2D eigenvalue weighted by atomic mass is 10.1. The van der Waals surface area contributed by atoms with Gasteiger partial charge in [-0.2, -0.15) is 4.73 Å². The fraction of sp³-hybridized carbons (Fsp3) is 0.182. The molecule has 1 aromatic heterocycles. The summed E-state index contributed by atoms with van der Waals surface area (Å²) in [6.45, 7) is 0. The van der Waals surface area contributed by atoms with Gasteiger partial charge in [-0.1, -0.05) is 15.9 Å². The van der Waals surface area contributed by atoms with E-state index in [2.05, 4.69) is 31.9 Å². The summed E-state index contributed by atoms with van der Waals surface area (Å²) in [4.78, 5) is 10.8. The van der Waals surface area contributed by atoms with Crippen LogP contribution >= 0.6 is 31.9 Å². The van der Waals surface area contributed by atoms with E-state index in [1.807, 2.05) is 6.07 Å². The molecule has 4 N–H and O–H groups in total. The molecule has 0 radical (unpaired) electrons. The van der Waals surface area contributed by atoms with Crippen molar-refractivity contribution >= 4 is 48.7 Å². The zero-order valence-electron chi connectivity index (χ0n) is 9.10. The molecule has 2 aromatic rings. The van der Waals surface area contributed by atoms with E-state index in [0.29, 0.717) is 11.1 Å². The van der Waals surface area contributed by atoms with Crippen molar-refractivity contribution in [3.05, 3.63) is 32.8 Å². The first-order valence-electron chi connectivity index (χ1n) is 5.07. The molecule has 0 amide bonds. The van der Waals surface area contributed by atoms with Crippen LogP contribution in [0.1, 0.15) is 5.56 Å². The van der Waals surface area contributed by atoms with Gasteiger partial charge in [-0.3, -0.25) is 4.79 Å². The molecule has 0 saturated heterocycles. The molecule has 5 nitrogen and oxygen atoms in total. The third kappa shape index (κ3) is 2.25. The number of carbonyl (C=O) groups is 1. The van der Waals surface area contributed by atoms with Crippen molar-refractivity contribution in [2.24, 2.45) is 5.73 Å². The minimum atomic E-state index is -1.07. The number of nitrogens with zero attached hydrogens (tertiary/aromatic N) is 1. The highest BCUT2D eigenvalue weighted by molar-refractivity contribution is 9.11. The van der Waals surface area contributed by atoms with Gasteiger partial charge in [0.05, 0.1) is 0 Å². The van der Waals surface area contributed by atoms with E-state index in [0.717, 1.165) is 19.1 Å². The maximum absolute atomic E-state index is 10.8. The Kier molecular flexibility index (Phi) is 3.65. The number of hydrogen-bond donors (Lipinski definition) is 3. The van der Waals surface area contributed by atoms with E-state index in [1.54, 1.807) is 6.07 Å². The summed E-state index contributed by atoms with van der Waals surface area (Å²) < 4.78 is 2.47. The number of halogens is 2. The number of aliphatic carboxylic acids is 1. The van der Waals surface area contributed by atoms with Gasteiger partial charge < -0.3 is 16.0 Å². The van der Waals surface area contributed by atoms with Crippen LogP contribution in [0.4, 0.5) is 0 Å². The lowest BCUT2D eigenvalue weighted by molar-refractivity contribution is -0.138. The van der Waals surface area contributed by atoms with Gasteiger partial charge >= 0.3 is 5.97 Å². The van der Waals surface area contributed by atoms with Crippen LogP contribution < -0.4 is 5.73 Å². The molecule has 1 aromatic carbocycles. The van der Waals surface area contributed by atoms with Crippen molar-refractivity contribution < 1.29 is 15.1 Å². The molecule has 1 heterocycles. The molecule has 0 aliphatic heterocycles. The van der Waals surface area contributed by atoms with Crippen LogP contribution in [-0.4, -0.2) is 27.1 Å². The van der Waals surface area contributed by atoms with E-state index < -0.39 is 12.0 Å². The summed E-state index contributed by atoms with van der Waals surface area (Å²) in [6, 6.07) is 2.61. The van der Waals surface area contributed by atoms with Crippen LogP contribution in [0.25, 0.3) is 10.9 Å². The standard InChI is InChI=1S/C11H10Br2N2O3/c12-6-1-2-7(13)10-9(6)5(4-15(10)18)3-8(14)11(16)17/h1-2,4,8,18H,3,14H2,(H,16,17). The van der Waals surface area contributed by atoms with Crippen LogP contribution in [0.3, 0.4) is 0 Å². The zero-order valence-corrected chi connectivity index (χ0v) is 12.3. The largest absolute Gasteiger partial charge is 0.480 e. The van der Waals surface area contributed by atoms with E-state index in [4.69, 9.17) is 10.8 Å². The fourth-order valence-corrected chi connectivity index (χ4v) is 2.91. The van der Waals surface area contributed by atoms with Crippen molar-refractivity contribution in [2.45, 2.75) is 12.5 Å². The topological polar surface area (TPSA) is 88.5 Å². The third-order valence-electron chi connectivity index (χ3n) is 2.66. The SMILES string of the molecule is NC(Cc1cn(O)c2c(Br)ccc(Br)c12)C(=O)O. The summed E-state index contributed by atoms with van der Waals surface area (Å²) in [6.07, 6.45) is 1.62. The van der Waals surface area contributed by atoms with Gasteiger partial charge in [-0.05, 0) is 33.6 Å². The molecule has 0 aliphatic rings. The Balaban J connectivity index is 2.59. The molecule has 0 bridgehead atoms. The molecule has 0 fully saturated rings. The minimum absolute atomic E-state index is 0.147. The van der Waals surface area contributed by atoms with Gasteiger partial charge in [-0.25, -0.2) is 0 Å². The van der Waals surface area contributed by atoms with E-state index in [1.165, 1.54) is 6.20 Å². The highest BCUT2D eigenvalue weighted by Crippen LogP contribution is 2.34. The maximum atomic E-state index is 10.8. The molecule has 96 valence electrons. The Morgan fingerprint density at radius 2 is 2.00 bits per heavy atom. The fourth-order valence-electron chi connectivity index (χ4n) is 1.83. The predicted octanol–water partition coefficient (Wildman–Crippen LogP) is 2.36. The number of benzene rings is 1. The number of rotatable bonds is 3. The Hall–Kier alpha value is -1.05. The Morgan fingerprint density at radius 3 is 2.61 bits per heavy atom. The predicted molar refractivity (Wildman–Crippen MR) is 73.8 cm³/mol. The van der Waals surface area contributed by atoms with Crippen LogP contribution in [0, 0.1) is 0 Å². The molecular weight excluding hydrogens is 368 g/mol. The smallest absolute Gasteiger partial charge is 0.320 e. The van der Waals surface area contributed by atoms with Crippen LogP contribution in [0.5, 0.6) is 0 Å². The van der Waals surface area contributed by atoms with Gasteiger partial charge in [0.1, 0.15) is 11.6 Å². The second kappa shape index (κ2) is 4.91. The van der Waals surface area contributed by atoms with Gasteiger partial charge in [0.25, 0.3) is 0 Å². The molecule has 2 rings (SSSR count). The Morgan fingerprint density at radius 1 is 1.39 bits per heavy atom. The summed E-state index contributed by atoms with van der Waals surface area (Å²) in [5, 5.41) is 19.4. The third-order valence-corrected chi connectivity index (χ3v) is 3.96. The summed E-state index contributed by atoms with van der Waals surface area (Å²) in [5.41, 5.74) is 6.78. The van der Waals surface area contributed by atoms with Gasteiger partial charge in [0.2, 0.25) is 0 Å². The summed E-state index contributed by atoms with van der Waals surface area (Å²) in [5.74, 6) is -1.07. The molecule has 1 atom stereocenters. The van der Waals surface area contributed by atoms with Crippen molar-refractivity contribution in [1.82, 2.24) is 4.73 Å². The van der Waals surface area contributed by atoms with Crippen molar-refractivity contribution in [1.29, 1.82) is 0 Å². The highest BCUT2D eigenvalue weighted by atomic mass is 79.9. The van der Waals surface area contributed by atoms with E-state index in [9.17, 15) is 10.0 Å². The zero-order chi connectivity index (χ0) is 13.4. The normalized spacial score (nSPS) is 12.8. The Bertz CT molecular complexity index is 624. The van der Waals surface area contributed by atoms with Crippen LogP contribution in [0.15, 0.2) is 27.3 Å². The molecule has 0 spiro atoms. The van der Waals surface area contributed by atoms with Crippen molar-refractivity contribution in [3.8, 4) is 0 Å². The molecule has 0 aliphatic carbocycles. The average Bonchev–Trinajstić information content (AvgIpc) is 2.62. The molecule has 0 saturated carbocycles. The lowest BCUT2D eigenvalue weighted by Gasteiger charge is -2.05. The minimum Gasteiger partial charge on any atom is -0.480 e. The number of fused-ring (bicyclic) bond motifs is 1. The van der Waals surface area contributed by atoms with Crippen LogP contribution in [-0.2, 0) is 11.2 Å². The lowest BCUT2D eigenvalue weighted by Crippen LogP contribution is -2.32. The highest BCUT2D eigenvalue weighted by Gasteiger charge is 2.19. The second-order valence-electron chi connectivity index (χ2n) is 3.90. The molecular formula is C11H10Br2N2O3. The van der Waals surface area contributed by atoms with Gasteiger partial charge in [-0.15, -0.1) is 0 Å². The van der Waals surface area contributed by atoms with Crippen molar-refractivity contribution in [3.63, 3.8) is 0 Å². The number of aromatic nitrogens is 1. The molecule has 18 heavy (non-hydrogen) atoms. The van der Waals surface area contributed by atoms with E-state index >= 15 is 0 Å². The number of hydrogen-bond acceptors (Lipinski definition) is 3. The van der Waals surface area contributed by atoms with E-state index in [-0.39, 0.29) is 6.42 Å². The first kappa shape index (κ1) is 13.4. The number of nitrogens with two attached hydrogens (primary N) is 1. The molecule has 7 heteroatoms. The average molecular weight is 378 g/mol. The first-order chi connectivity index (χ1) is 8.41.